The van der Waals surface area contributed by atoms with Gasteiger partial charge in [-0.15, -0.1) is 0 Å². The minimum absolute atomic E-state index is 0.104. The van der Waals surface area contributed by atoms with Crippen LogP contribution in [0.1, 0.15) is 24.4 Å². The second-order valence-corrected chi connectivity index (χ2v) is 4.27. The largest absolute Gasteiger partial charge is 0.434 e. The quantitative estimate of drug-likeness (QED) is 0.818. The molecule has 7 heteroatoms. The maximum Gasteiger partial charge on any atom is 0.387 e. The lowest BCUT2D eigenvalue weighted by Gasteiger charge is -2.17. The first-order chi connectivity index (χ1) is 9.66. The van der Waals surface area contributed by atoms with E-state index in [4.69, 9.17) is 0 Å². The van der Waals surface area contributed by atoms with E-state index in [1.165, 1.54) is 12.4 Å². The SMILES string of the molecule is CC(NCCc1ncn[nH]1)c1ccccc1OC(F)F. The van der Waals surface area contributed by atoms with Crippen LogP contribution in [-0.2, 0) is 6.42 Å². The summed E-state index contributed by atoms with van der Waals surface area (Å²) in [4.78, 5) is 4.01. The fraction of sp³-hybridized carbons (Fsp3) is 0.385. The molecule has 5 nitrogen and oxygen atoms in total. The van der Waals surface area contributed by atoms with E-state index in [1.807, 2.05) is 6.92 Å². The van der Waals surface area contributed by atoms with E-state index in [-0.39, 0.29) is 11.8 Å². The molecule has 0 fully saturated rings. The molecule has 0 saturated heterocycles. The molecule has 1 aromatic carbocycles. The maximum absolute atomic E-state index is 12.3. The molecule has 1 heterocycles. The molecule has 0 bridgehead atoms. The zero-order chi connectivity index (χ0) is 14.4. The van der Waals surface area contributed by atoms with Gasteiger partial charge in [0.15, 0.2) is 0 Å². The van der Waals surface area contributed by atoms with Crippen LogP contribution in [0, 0.1) is 0 Å². The van der Waals surface area contributed by atoms with E-state index in [0.717, 1.165) is 5.82 Å². The summed E-state index contributed by atoms with van der Waals surface area (Å²) in [6.45, 7) is -0.273. The summed E-state index contributed by atoms with van der Waals surface area (Å²) in [5.74, 6) is 0.976. The second kappa shape index (κ2) is 6.95. The van der Waals surface area contributed by atoms with Crippen LogP contribution in [0.3, 0.4) is 0 Å². The number of benzene rings is 1. The van der Waals surface area contributed by atoms with Crippen molar-refractivity contribution >= 4 is 0 Å². The highest BCUT2D eigenvalue weighted by atomic mass is 19.3. The van der Waals surface area contributed by atoms with E-state index >= 15 is 0 Å². The third-order valence-electron chi connectivity index (χ3n) is 2.88. The van der Waals surface area contributed by atoms with Gasteiger partial charge in [0.25, 0.3) is 0 Å². The van der Waals surface area contributed by atoms with Crippen LogP contribution in [0.4, 0.5) is 8.78 Å². The van der Waals surface area contributed by atoms with Gasteiger partial charge in [-0.05, 0) is 13.0 Å². The molecule has 0 aliphatic rings. The highest BCUT2D eigenvalue weighted by Gasteiger charge is 2.14. The summed E-state index contributed by atoms with van der Waals surface area (Å²) < 4.78 is 29.2. The van der Waals surface area contributed by atoms with Gasteiger partial charge in [-0.3, -0.25) is 5.10 Å². The van der Waals surface area contributed by atoms with Crippen LogP contribution < -0.4 is 10.1 Å². The van der Waals surface area contributed by atoms with Gasteiger partial charge in [0, 0.05) is 24.6 Å². The first kappa shape index (κ1) is 14.4. The summed E-state index contributed by atoms with van der Waals surface area (Å²) in [5.41, 5.74) is 0.699. The molecule has 2 rings (SSSR count). The van der Waals surface area contributed by atoms with Crippen LogP contribution in [-0.4, -0.2) is 28.3 Å². The van der Waals surface area contributed by atoms with Crippen LogP contribution >= 0.6 is 0 Å². The fourth-order valence-corrected chi connectivity index (χ4v) is 1.91. The highest BCUT2D eigenvalue weighted by molar-refractivity contribution is 5.35. The molecule has 2 N–H and O–H groups in total. The Labute approximate surface area is 115 Å². The van der Waals surface area contributed by atoms with Crippen molar-refractivity contribution in [3.63, 3.8) is 0 Å². The normalized spacial score (nSPS) is 12.6. The Balaban J connectivity index is 1.92. The lowest BCUT2D eigenvalue weighted by molar-refractivity contribution is -0.0506. The zero-order valence-corrected chi connectivity index (χ0v) is 11.0. The number of ether oxygens (including phenoxy) is 1. The lowest BCUT2D eigenvalue weighted by atomic mass is 10.1. The number of hydrogen-bond acceptors (Lipinski definition) is 4. The molecule has 1 unspecified atom stereocenters. The van der Waals surface area contributed by atoms with E-state index in [9.17, 15) is 8.78 Å². The average molecular weight is 282 g/mol. The fourth-order valence-electron chi connectivity index (χ4n) is 1.91. The monoisotopic (exact) mass is 282 g/mol. The summed E-state index contributed by atoms with van der Waals surface area (Å²) in [5, 5.41) is 9.76. The summed E-state index contributed by atoms with van der Waals surface area (Å²) in [6, 6.07) is 6.66. The van der Waals surface area contributed by atoms with Crippen LogP contribution in [0.5, 0.6) is 5.75 Å². The van der Waals surface area contributed by atoms with Gasteiger partial charge in [-0.2, -0.15) is 13.9 Å². The molecule has 20 heavy (non-hydrogen) atoms. The predicted octanol–water partition coefficient (Wildman–Crippen LogP) is 2.30. The Morgan fingerprint density at radius 1 is 1.35 bits per heavy atom. The van der Waals surface area contributed by atoms with E-state index < -0.39 is 6.61 Å². The lowest BCUT2D eigenvalue weighted by Crippen LogP contribution is -2.22. The van der Waals surface area contributed by atoms with Crippen molar-refractivity contribution in [3.8, 4) is 5.75 Å². The van der Waals surface area contributed by atoms with E-state index in [2.05, 4.69) is 25.2 Å². The van der Waals surface area contributed by atoms with Crippen molar-refractivity contribution in [1.82, 2.24) is 20.5 Å². The van der Waals surface area contributed by atoms with Crippen molar-refractivity contribution in [1.29, 1.82) is 0 Å². The smallest absolute Gasteiger partial charge is 0.387 e. The molecule has 108 valence electrons. The number of para-hydroxylation sites is 1. The molecule has 0 aliphatic carbocycles. The molecular formula is C13H16F2N4O. The Kier molecular flexibility index (Phi) is 5.00. The van der Waals surface area contributed by atoms with Gasteiger partial charge < -0.3 is 10.1 Å². The molecule has 0 radical (unpaired) electrons. The summed E-state index contributed by atoms with van der Waals surface area (Å²) in [7, 11) is 0. The summed E-state index contributed by atoms with van der Waals surface area (Å²) >= 11 is 0. The molecule has 0 amide bonds. The van der Waals surface area contributed by atoms with Crippen molar-refractivity contribution < 1.29 is 13.5 Å². The third kappa shape index (κ3) is 3.99. The Morgan fingerprint density at radius 3 is 2.85 bits per heavy atom. The summed E-state index contributed by atoms with van der Waals surface area (Å²) in [6.07, 6.45) is 2.13. The first-order valence-corrected chi connectivity index (χ1v) is 6.28. The highest BCUT2D eigenvalue weighted by Crippen LogP contribution is 2.26. The van der Waals surface area contributed by atoms with Crippen molar-refractivity contribution in [2.45, 2.75) is 26.0 Å². The molecule has 0 spiro atoms. The standard InChI is InChI=1S/C13H16F2N4O/c1-9(16-7-6-12-17-8-18-19-12)10-4-2-3-5-11(10)20-13(14)15/h2-5,8-9,13,16H,6-7H2,1H3,(H,17,18,19). The molecule has 1 aromatic heterocycles. The number of rotatable bonds is 7. The average Bonchev–Trinajstić information content (AvgIpc) is 2.91. The van der Waals surface area contributed by atoms with Crippen LogP contribution in [0.25, 0.3) is 0 Å². The number of nitrogens with zero attached hydrogens (tertiary/aromatic N) is 2. The van der Waals surface area contributed by atoms with E-state index in [1.54, 1.807) is 18.2 Å². The van der Waals surface area contributed by atoms with Gasteiger partial charge in [0.2, 0.25) is 0 Å². The van der Waals surface area contributed by atoms with Gasteiger partial charge in [-0.1, -0.05) is 18.2 Å². The number of halogens is 2. The first-order valence-electron chi connectivity index (χ1n) is 6.28. The molecule has 2 aromatic rings. The second-order valence-electron chi connectivity index (χ2n) is 4.27. The van der Waals surface area contributed by atoms with Gasteiger partial charge in [-0.25, -0.2) is 4.98 Å². The van der Waals surface area contributed by atoms with Crippen molar-refractivity contribution in [2.24, 2.45) is 0 Å². The molecule has 1 atom stereocenters. The predicted molar refractivity (Wildman–Crippen MR) is 69.6 cm³/mol. The topological polar surface area (TPSA) is 62.8 Å². The Bertz CT molecular complexity index is 519. The third-order valence-corrected chi connectivity index (χ3v) is 2.88. The maximum atomic E-state index is 12.3. The minimum Gasteiger partial charge on any atom is -0.434 e. The van der Waals surface area contributed by atoms with Gasteiger partial charge in [0.1, 0.15) is 17.9 Å². The van der Waals surface area contributed by atoms with Gasteiger partial charge >= 0.3 is 6.61 Å². The molecular weight excluding hydrogens is 266 g/mol. The zero-order valence-electron chi connectivity index (χ0n) is 11.0. The minimum atomic E-state index is -2.82. The Hall–Kier alpha value is -2.02. The number of H-pyrrole nitrogens is 1. The van der Waals surface area contributed by atoms with Crippen molar-refractivity contribution in [3.05, 3.63) is 42.0 Å². The Morgan fingerprint density at radius 2 is 2.15 bits per heavy atom. The number of aromatic nitrogens is 3. The van der Waals surface area contributed by atoms with Crippen LogP contribution in [0.15, 0.2) is 30.6 Å². The molecule has 0 saturated carbocycles. The number of alkyl halides is 2. The number of aromatic amines is 1. The number of hydrogen-bond donors (Lipinski definition) is 2. The van der Waals surface area contributed by atoms with Crippen molar-refractivity contribution in [2.75, 3.05) is 6.54 Å². The number of nitrogens with one attached hydrogen (secondary N) is 2. The van der Waals surface area contributed by atoms with Gasteiger partial charge in [0.05, 0.1) is 0 Å². The van der Waals surface area contributed by atoms with E-state index in [0.29, 0.717) is 18.5 Å². The van der Waals surface area contributed by atoms with Crippen LogP contribution in [0.2, 0.25) is 0 Å². The molecule has 0 aliphatic heterocycles.